The predicted molar refractivity (Wildman–Crippen MR) is 119 cm³/mol. The van der Waals surface area contributed by atoms with E-state index in [1.165, 1.54) is 0 Å². The van der Waals surface area contributed by atoms with Crippen molar-refractivity contribution in [2.24, 2.45) is 5.16 Å². The molecule has 3 rings (SSSR count). The molecule has 0 saturated heterocycles. The number of Topliss-reactive ketones (excluding diaryl/α,β-unsaturated/α-hetero) is 1. The summed E-state index contributed by atoms with van der Waals surface area (Å²) in [5.41, 5.74) is 3.33. The number of oxime groups is 1. The van der Waals surface area contributed by atoms with Gasteiger partial charge in [0, 0.05) is 47.0 Å². The molecule has 2 aromatic rings. The molecule has 1 atom stereocenters. The summed E-state index contributed by atoms with van der Waals surface area (Å²) in [5.74, 6) is -0.161. The van der Waals surface area contributed by atoms with Crippen LogP contribution in [0, 0.1) is 6.92 Å². The van der Waals surface area contributed by atoms with Gasteiger partial charge in [-0.25, -0.2) is 0 Å². The zero-order valence-electron chi connectivity index (χ0n) is 17.2. The third-order valence-electron chi connectivity index (χ3n) is 5.15. The predicted octanol–water partition coefficient (Wildman–Crippen LogP) is 5.44. The van der Waals surface area contributed by atoms with Gasteiger partial charge in [-0.3, -0.25) is 9.59 Å². The van der Waals surface area contributed by atoms with Crippen molar-refractivity contribution in [2.45, 2.75) is 45.6 Å². The number of nitrogens with one attached hydrogen (secondary N) is 1. The van der Waals surface area contributed by atoms with Crippen molar-refractivity contribution in [1.82, 2.24) is 5.32 Å². The van der Waals surface area contributed by atoms with Crippen molar-refractivity contribution in [1.29, 1.82) is 0 Å². The lowest BCUT2D eigenvalue weighted by atomic mass is 9.88. The minimum absolute atomic E-state index is 0.0479. The third kappa shape index (κ3) is 5.02. The number of aryl methyl sites for hydroxylation is 1. The number of nitrogens with zero attached hydrogens (tertiary/aromatic N) is 1. The van der Waals surface area contributed by atoms with Gasteiger partial charge in [-0.15, -0.1) is 0 Å². The first kappa shape index (κ1) is 22.3. The number of amides is 1. The monoisotopic (exact) mass is 446 g/mol. The number of hydrogen-bond donors (Lipinski definition) is 1. The van der Waals surface area contributed by atoms with Gasteiger partial charge in [0.2, 0.25) is 5.91 Å². The van der Waals surface area contributed by atoms with Crippen molar-refractivity contribution in [3.05, 3.63) is 68.7 Å². The van der Waals surface area contributed by atoms with Crippen LogP contribution in [-0.4, -0.2) is 23.9 Å². The lowest BCUT2D eigenvalue weighted by molar-refractivity contribution is -0.120. The van der Waals surface area contributed by atoms with E-state index in [9.17, 15) is 9.59 Å². The van der Waals surface area contributed by atoms with Gasteiger partial charge in [-0.05, 0) is 56.2 Å². The van der Waals surface area contributed by atoms with Gasteiger partial charge in [-0.1, -0.05) is 40.5 Å². The van der Waals surface area contributed by atoms with E-state index in [2.05, 4.69) is 10.5 Å². The van der Waals surface area contributed by atoms with E-state index in [0.717, 1.165) is 22.4 Å². The van der Waals surface area contributed by atoms with Gasteiger partial charge in [-0.2, -0.15) is 0 Å². The highest BCUT2D eigenvalue weighted by Gasteiger charge is 2.37. The second-order valence-electron chi connectivity index (χ2n) is 7.60. The van der Waals surface area contributed by atoms with Crippen LogP contribution in [0.25, 0.3) is 0 Å². The molecular formula is C23H24Cl2N2O3. The fourth-order valence-corrected chi connectivity index (χ4v) is 4.04. The molecule has 1 aliphatic rings. The largest absolute Gasteiger partial charge is 0.384 e. The minimum Gasteiger partial charge on any atom is -0.384 e. The molecule has 0 radical (unpaired) electrons. The van der Waals surface area contributed by atoms with E-state index in [1.807, 2.05) is 45.0 Å². The Morgan fingerprint density at radius 1 is 1.13 bits per heavy atom. The van der Waals surface area contributed by atoms with Crippen LogP contribution in [0.2, 0.25) is 10.0 Å². The van der Waals surface area contributed by atoms with E-state index in [4.69, 9.17) is 28.0 Å². The van der Waals surface area contributed by atoms with Crippen LogP contribution in [0.1, 0.15) is 60.2 Å². The molecule has 0 spiro atoms. The zero-order valence-corrected chi connectivity index (χ0v) is 18.7. The maximum absolute atomic E-state index is 12.5. The highest BCUT2D eigenvalue weighted by atomic mass is 35.5. The van der Waals surface area contributed by atoms with Gasteiger partial charge < -0.3 is 10.2 Å². The molecule has 1 aliphatic heterocycles. The third-order valence-corrected chi connectivity index (χ3v) is 5.58. The summed E-state index contributed by atoms with van der Waals surface area (Å²) < 4.78 is 0. The Labute approximate surface area is 186 Å². The highest BCUT2D eigenvalue weighted by Crippen LogP contribution is 2.38. The molecule has 7 heteroatoms. The fraction of sp³-hybridized carbons (Fsp3) is 0.348. The Kier molecular flexibility index (Phi) is 6.84. The van der Waals surface area contributed by atoms with Crippen LogP contribution < -0.4 is 5.32 Å². The highest BCUT2D eigenvalue weighted by molar-refractivity contribution is 6.34. The molecule has 1 N–H and O–H groups in total. The molecular weight excluding hydrogens is 423 g/mol. The number of carbonyl (C=O) groups is 2. The number of hydrogen-bond acceptors (Lipinski definition) is 4. The van der Waals surface area contributed by atoms with E-state index in [0.29, 0.717) is 28.6 Å². The Morgan fingerprint density at radius 3 is 2.47 bits per heavy atom. The SMILES string of the molecule is CCNC(=O)CCC(=O)c1ccc(C2=NO[C@@](C)(c3cc(Cl)cc(Cl)c3)C2)cc1C. The molecule has 1 amide bonds. The first-order chi connectivity index (χ1) is 14.2. The van der Waals surface area contributed by atoms with Crippen LogP contribution in [-0.2, 0) is 15.2 Å². The summed E-state index contributed by atoms with van der Waals surface area (Å²) in [6.07, 6.45) is 0.923. The number of benzene rings is 2. The second kappa shape index (κ2) is 9.19. The maximum Gasteiger partial charge on any atom is 0.220 e. The van der Waals surface area contributed by atoms with Crippen LogP contribution in [0.5, 0.6) is 0 Å². The number of halogens is 2. The molecule has 0 bridgehead atoms. The number of carbonyl (C=O) groups excluding carboxylic acids is 2. The Balaban J connectivity index is 1.72. The topological polar surface area (TPSA) is 67.8 Å². The fourth-order valence-electron chi connectivity index (χ4n) is 3.51. The van der Waals surface area contributed by atoms with E-state index in [-0.39, 0.29) is 24.5 Å². The first-order valence-electron chi connectivity index (χ1n) is 9.84. The molecule has 0 aliphatic carbocycles. The molecule has 0 saturated carbocycles. The van der Waals surface area contributed by atoms with E-state index >= 15 is 0 Å². The zero-order chi connectivity index (χ0) is 21.9. The maximum atomic E-state index is 12.5. The second-order valence-corrected chi connectivity index (χ2v) is 8.47. The minimum atomic E-state index is -0.668. The summed E-state index contributed by atoms with van der Waals surface area (Å²) in [5, 5.41) is 8.07. The summed E-state index contributed by atoms with van der Waals surface area (Å²) in [7, 11) is 0. The Morgan fingerprint density at radius 2 is 1.83 bits per heavy atom. The number of ketones is 1. The van der Waals surface area contributed by atoms with Crippen molar-refractivity contribution < 1.29 is 14.4 Å². The van der Waals surface area contributed by atoms with Gasteiger partial charge in [0.05, 0.1) is 5.71 Å². The smallest absolute Gasteiger partial charge is 0.220 e. The average molecular weight is 447 g/mol. The molecule has 1 heterocycles. The summed E-state index contributed by atoms with van der Waals surface area (Å²) in [6.45, 7) is 6.24. The van der Waals surface area contributed by atoms with Crippen LogP contribution >= 0.6 is 23.2 Å². The molecule has 158 valence electrons. The normalized spacial score (nSPS) is 18.0. The first-order valence-corrected chi connectivity index (χ1v) is 10.6. The van der Waals surface area contributed by atoms with Crippen LogP contribution in [0.15, 0.2) is 41.6 Å². The van der Waals surface area contributed by atoms with Gasteiger partial charge >= 0.3 is 0 Å². The van der Waals surface area contributed by atoms with E-state index in [1.54, 1.807) is 12.1 Å². The average Bonchev–Trinajstić information content (AvgIpc) is 3.09. The van der Waals surface area contributed by atoms with Gasteiger partial charge in [0.25, 0.3) is 0 Å². The summed E-state index contributed by atoms with van der Waals surface area (Å²) in [6, 6.07) is 10.9. The van der Waals surface area contributed by atoms with Crippen molar-refractivity contribution in [3.8, 4) is 0 Å². The van der Waals surface area contributed by atoms with Gasteiger partial charge in [0.1, 0.15) is 0 Å². The van der Waals surface area contributed by atoms with Crippen molar-refractivity contribution >= 4 is 40.6 Å². The lowest BCUT2D eigenvalue weighted by Crippen LogP contribution is -2.23. The molecule has 5 nitrogen and oxygen atoms in total. The van der Waals surface area contributed by atoms with Crippen LogP contribution in [0.4, 0.5) is 0 Å². The van der Waals surface area contributed by atoms with Crippen molar-refractivity contribution in [2.75, 3.05) is 6.54 Å². The van der Waals surface area contributed by atoms with Crippen LogP contribution in [0.3, 0.4) is 0 Å². The Bertz CT molecular complexity index is 999. The summed E-state index contributed by atoms with van der Waals surface area (Å²) >= 11 is 12.3. The molecule has 0 unspecified atom stereocenters. The summed E-state index contributed by atoms with van der Waals surface area (Å²) in [4.78, 5) is 29.9. The molecule has 30 heavy (non-hydrogen) atoms. The number of rotatable bonds is 7. The molecule has 2 aromatic carbocycles. The quantitative estimate of drug-likeness (QED) is 0.575. The molecule has 0 fully saturated rings. The standard InChI is InChI=1S/C23H24Cl2N2O3/c1-4-26-22(29)8-7-21(28)19-6-5-15(9-14(19)2)20-13-23(3,30-27-20)16-10-17(24)12-18(25)11-16/h5-6,9-12H,4,7-8,13H2,1-3H3,(H,26,29)/t23-/m1/s1. The molecule has 0 aromatic heterocycles. The van der Waals surface area contributed by atoms with Crippen molar-refractivity contribution in [3.63, 3.8) is 0 Å². The lowest BCUT2D eigenvalue weighted by Gasteiger charge is -2.22. The van der Waals surface area contributed by atoms with Gasteiger partial charge in [0.15, 0.2) is 11.4 Å². The van der Waals surface area contributed by atoms with E-state index < -0.39 is 5.60 Å². The Hall–Kier alpha value is -2.37.